The molecule has 264 valence electrons. The molecule has 0 aliphatic carbocycles. The molecule has 1 aromatic heterocycles. The minimum atomic E-state index is -5.85. The third-order valence-electron chi connectivity index (χ3n) is 7.59. The monoisotopic (exact) mass is 716 g/mol. The lowest BCUT2D eigenvalue weighted by atomic mass is 10.00. The smallest absolute Gasteiger partial charge is 0.497 e. The first-order valence-corrected chi connectivity index (χ1v) is 16.4. The van der Waals surface area contributed by atoms with E-state index in [1.807, 2.05) is 31.2 Å². The molecule has 4 aromatic rings. The lowest BCUT2D eigenvalue weighted by Crippen LogP contribution is -2.41. The third-order valence-corrected chi connectivity index (χ3v) is 8.51. The summed E-state index contributed by atoms with van der Waals surface area (Å²) in [4.78, 5) is 35.8. The van der Waals surface area contributed by atoms with E-state index in [9.17, 15) is 31.5 Å². The molecule has 16 heteroatoms. The topological polar surface area (TPSA) is 111 Å². The van der Waals surface area contributed by atoms with Gasteiger partial charge in [0.25, 0.3) is 0 Å². The predicted molar refractivity (Wildman–Crippen MR) is 179 cm³/mol. The number of anilines is 1. The summed E-state index contributed by atoms with van der Waals surface area (Å²) in [7, 11) is 1.55. The van der Waals surface area contributed by atoms with Crippen LogP contribution in [0, 0.1) is 5.92 Å². The van der Waals surface area contributed by atoms with Gasteiger partial charge in [-0.05, 0) is 59.7 Å². The zero-order valence-corrected chi connectivity index (χ0v) is 28.2. The number of amides is 3. The van der Waals surface area contributed by atoms with Crippen LogP contribution < -0.4 is 19.7 Å². The van der Waals surface area contributed by atoms with E-state index < -0.39 is 24.1 Å². The van der Waals surface area contributed by atoms with Gasteiger partial charge in [0, 0.05) is 18.2 Å². The van der Waals surface area contributed by atoms with E-state index in [1.54, 1.807) is 25.3 Å². The van der Waals surface area contributed by atoms with Crippen molar-refractivity contribution >= 4 is 34.6 Å². The number of nitrogens with one attached hydrogen (secondary N) is 1. The number of urea groups is 1. The predicted octanol–water partition coefficient (Wildman–Crippen LogP) is 7.62. The number of amidine groups is 1. The van der Waals surface area contributed by atoms with E-state index in [0.717, 1.165) is 29.7 Å². The highest BCUT2D eigenvalue weighted by Gasteiger charge is 2.61. The first kappa shape index (κ1) is 36.3. The van der Waals surface area contributed by atoms with E-state index in [-0.39, 0.29) is 24.1 Å². The molecule has 3 aromatic carbocycles. The molecule has 1 aliphatic heterocycles. The Hall–Kier alpha value is -4.99. The summed E-state index contributed by atoms with van der Waals surface area (Å²) in [5.74, 6) is 0.496. The highest BCUT2D eigenvalue weighted by molar-refractivity contribution is 8.15. The van der Waals surface area contributed by atoms with Crippen molar-refractivity contribution in [3.8, 4) is 28.6 Å². The Morgan fingerprint density at radius 1 is 1.00 bits per heavy atom. The van der Waals surface area contributed by atoms with Crippen molar-refractivity contribution < 1.29 is 41.0 Å². The van der Waals surface area contributed by atoms with Gasteiger partial charge in [0.1, 0.15) is 17.8 Å². The molecule has 1 N–H and O–H groups in total. The van der Waals surface area contributed by atoms with Crippen molar-refractivity contribution in [1.82, 2.24) is 20.1 Å². The van der Waals surface area contributed by atoms with Crippen LogP contribution in [0.1, 0.15) is 37.8 Å². The number of rotatable bonds is 11. The van der Waals surface area contributed by atoms with E-state index in [4.69, 9.17) is 4.74 Å². The molecule has 1 atom stereocenters. The number of carbonyl (C=O) groups excluding carboxylic acids is 2. The first-order chi connectivity index (χ1) is 23.6. The number of carbonyl (C=O) groups is 2. The average molecular weight is 717 g/mol. The minimum Gasteiger partial charge on any atom is -0.497 e. The SMILES string of the molecule is COc1ccc(CC(C)C)c(N2C(=O)CSC2=NC(=O)NCC(C)c2ccc(-c3ncn(-c4ccc(OC(F)(F)C(F)(F)F)cc4)n3)cc2)c1. The molecule has 0 bridgehead atoms. The van der Waals surface area contributed by atoms with Gasteiger partial charge in [-0.15, -0.1) is 5.10 Å². The molecule has 0 spiro atoms. The Morgan fingerprint density at radius 2 is 1.68 bits per heavy atom. The summed E-state index contributed by atoms with van der Waals surface area (Å²) in [5.41, 5.74) is 3.53. The van der Waals surface area contributed by atoms with Gasteiger partial charge in [-0.25, -0.2) is 14.5 Å². The van der Waals surface area contributed by atoms with Crippen LogP contribution in [0.5, 0.6) is 11.5 Å². The number of aliphatic imine (C=N–C) groups is 1. The van der Waals surface area contributed by atoms with E-state index in [0.29, 0.717) is 39.6 Å². The Labute approximate surface area is 288 Å². The summed E-state index contributed by atoms with van der Waals surface area (Å²) in [6, 6.07) is 16.8. The summed E-state index contributed by atoms with van der Waals surface area (Å²) < 4.78 is 74.2. The van der Waals surface area contributed by atoms with Gasteiger partial charge in [0.2, 0.25) is 5.91 Å². The normalized spacial score (nSPS) is 15.1. The molecular formula is C34H33F5N6O4S. The zero-order valence-electron chi connectivity index (χ0n) is 27.4. The standard InChI is InChI=1S/C34H33F5N6O4S/c1-20(2)15-24-9-12-27(48-4)16-28(24)45-29(46)18-50-32(45)42-31(47)40-17-21(3)22-5-7-23(8-6-22)30-41-19-44(43-30)25-10-13-26(14-11-25)49-34(38,39)33(35,36)37/h5-14,16,19-21H,15,17-18H2,1-4H3,(H,40,47). The molecule has 1 fully saturated rings. The van der Waals surface area contributed by atoms with Crippen molar-refractivity contribution in [2.75, 3.05) is 24.3 Å². The highest BCUT2D eigenvalue weighted by Crippen LogP contribution is 2.37. The molecule has 1 unspecified atom stereocenters. The number of halogens is 5. The zero-order chi connectivity index (χ0) is 36.2. The number of methoxy groups -OCH3 is 1. The van der Waals surface area contributed by atoms with E-state index in [1.165, 1.54) is 39.8 Å². The molecule has 0 radical (unpaired) electrons. The van der Waals surface area contributed by atoms with Gasteiger partial charge in [-0.2, -0.15) is 26.9 Å². The molecule has 1 aliphatic rings. The van der Waals surface area contributed by atoms with Crippen molar-refractivity contribution in [3.63, 3.8) is 0 Å². The van der Waals surface area contributed by atoms with Crippen molar-refractivity contribution in [2.45, 2.75) is 45.4 Å². The lowest BCUT2D eigenvalue weighted by molar-refractivity contribution is -0.360. The summed E-state index contributed by atoms with van der Waals surface area (Å²) >= 11 is 1.20. The van der Waals surface area contributed by atoms with Gasteiger partial charge in [-0.3, -0.25) is 9.69 Å². The van der Waals surface area contributed by atoms with Crippen molar-refractivity contribution in [1.29, 1.82) is 0 Å². The highest BCUT2D eigenvalue weighted by atomic mass is 32.2. The van der Waals surface area contributed by atoms with Crippen LogP contribution in [0.4, 0.5) is 32.4 Å². The third kappa shape index (κ3) is 8.41. The van der Waals surface area contributed by atoms with Gasteiger partial charge >= 0.3 is 18.3 Å². The number of hydrogen-bond donors (Lipinski definition) is 1. The fraction of sp³-hybridized carbons (Fsp3) is 0.324. The Balaban J connectivity index is 1.20. The molecule has 50 heavy (non-hydrogen) atoms. The minimum absolute atomic E-state index is 0.103. The fourth-order valence-electron chi connectivity index (χ4n) is 5.01. The van der Waals surface area contributed by atoms with Crippen LogP contribution in [0.25, 0.3) is 17.1 Å². The van der Waals surface area contributed by atoms with Crippen LogP contribution in [-0.4, -0.2) is 63.6 Å². The average Bonchev–Trinajstić information content (AvgIpc) is 3.70. The molecule has 2 heterocycles. The Morgan fingerprint density at radius 3 is 2.32 bits per heavy atom. The Bertz CT molecular complexity index is 1860. The second-order valence-electron chi connectivity index (χ2n) is 11.8. The molecule has 3 amide bonds. The molecule has 1 saturated heterocycles. The van der Waals surface area contributed by atoms with Crippen LogP contribution in [0.3, 0.4) is 0 Å². The lowest BCUT2D eigenvalue weighted by Gasteiger charge is -2.21. The second kappa shape index (κ2) is 14.9. The molecular weight excluding hydrogens is 683 g/mol. The quantitative estimate of drug-likeness (QED) is 0.159. The maximum absolute atomic E-state index is 13.2. The van der Waals surface area contributed by atoms with Crippen LogP contribution in [-0.2, 0) is 11.2 Å². The van der Waals surface area contributed by atoms with Crippen LogP contribution >= 0.6 is 11.8 Å². The largest absolute Gasteiger partial charge is 0.499 e. The first-order valence-electron chi connectivity index (χ1n) is 15.4. The summed E-state index contributed by atoms with van der Waals surface area (Å²) in [6.07, 6.45) is -9.07. The Kier molecular flexibility index (Phi) is 10.8. The molecule has 0 saturated carbocycles. The summed E-state index contributed by atoms with van der Waals surface area (Å²) in [6.45, 7) is 6.37. The van der Waals surface area contributed by atoms with Crippen molar-refractivity contribution in [3.05, 3.63) is 84.2 Å². The van der Waals surface area contributed by atoms with Gasteiger partial charge in [0.05, 0.1) is 24.2 Å². The molecule has 10 nitrogen and oxygen atoms in total. The number of ether oxygens (including phenoxy) is 2. The van der Waals surface area contributed by atoms with Gasteiger partial charge < -0.3 is 14.8 Å². The summed E-state index contributed by atoms with van der Waals surface area (Å²) in [5, 5.41) is 7.48. The number of hydrogen-bond acceptors (Lipinski definition) is 7. The van der Waals surface area contributed by atoms with Crippen LogP contribution in [0.2, 0.25) is 0 Å². The van der Waals surface area contributed by atoms with Gasteiger partial charge in [-0.1, -0.05) is 62.9 Å². The number of nitrogens with zero attached hydrogens (tertiary/aromatic N) is 5. The number of aromatic nitrogens is 3. The number of alkyl halides is 5. The van der Waals surface area contributed by atoms with E-state index >= 15 is 0 Å². The van der Waals surface area contributed by atoms with Crippen LogP contribution in [0.15, 0.2) is 78.0 Å². The van der Waals surface area contributed by atoms with Gasteiger partial charge in [0.15, 0.2) is 11.0 Å². The fourth-order valence-corrected chi connectivity index (χ4v) is 5.87. The van der Waals surface area contributed by atoms with Crippen molar-refractivity contribution in [2.24, 2.45) is 10.9 Å². The maximum atomic E-state index is 13.2. The van der Waals surface area contributed by atoms with E-state index in [2.05, 4.69) is 39.0 Å². The second-order valence-corrected chi connectivity index (χ2v) is 12.8. The maximum Gasteiger partial charge on any atom is 0.499 e. The number of benzene rings is 3. The molecule has 5 rings (SSSR count). The number of thioether (sulfide) groups is 1.